The molecule has 2 unspecified atom stereocenters. The van der Waals surface area contributed by atoms with Gasteiger partial charge >= 0.3 is 23.5 Å². The van der Waals surface area contributed by atoms with E-state index >= 15 is 0 Å². The molecule has 1 saturated heterocycles. The number of hydrogen-bond acceptors (Lipinski definition) is 13. The number of fused-ring (bicyclic) bond motifs is 1. The van der Waals surface area contributed by atoms with Crippen LogP contribution < -0.4 is 5.73 Å². The lowest BCUT2D eigenvalue weighted by molar-refractivity contribution is -0.0500. The van der Waals surface area contributed by atoms with Gasteiger partial charge in [0.2, 0.25) is 0 Å². The Morgan fingerprint density at radius 3 is 2.44 bits per heavy atom. The van der Waals surface area contributed by atoms with Crippen LogP contribution in [0.15, 0.2) is 29.4 Å². The number of nitrogen functional groups attached to an aromatic ring is 1. The molecule has 1 aliphatic heterocycles. The normalized spacial score (nSPS) is 26.2. The standard InChI is InChI=1S/C15H19N4O13P3S/c16-13-10-8(7-1-2-36-5-7)3-19(14(10)18-6-17-13)15-12(21)11(20)9(30-15)4-29-34(25,26)32-35(27,28)31-33(22,23)24/h1-3,5-6,9,11-12,15,20-21H,4H2,(H,25,26)(H,27,28)(H2,16,17,18)(H2,22,23,24)/t9-,11-,12-,15-/m1/s1. The molecule has 0 amide bonds. The van der Waals surface area contributed by atoms with Gasteiger partial charge < -0.3 is 44.8 Å². The quantitative estimate of drug-likeness (QED) is 0.170. The Morgan fingerprint density at radius 2 is 1.81 bits per heavy atom. The summed E-state index contributed by atoms with van der Waals surface area (Å²) in [6.07, 6.45) is -3.25. The molecule has 0 saturated carbocycles. The van der Waals surface area contributed by atoms with Gasteiger partial charge in [0.15, 0.2) is 6.23 Å². The van der Waals surface area contributed by atoms with Gasteiger partial charge in [0.25, 0.3) is 0 Å². The van der Waals surface area contributed by atoms with E-state index in [2.05, 4.69) is 23.1 Å². The summed E-state index contributed by atoms with van der Waals surface area (Å²) in [6.45, 7) is -0.952. The average molecular weight is 588 g/mol. The van der Waals surface area contributed by atoms with E-state index in [0.29, 0.717) is 10.9 Å². The number of rotatable bonds is 9. The first-order valence-corrected chi connectivity index (χ1v) is 15.1. The highest BCUT2D eigenvalue weighted by Gasteiger charge is 2.47. The monoisotopic (exact) mass is 588 g/mol. The zero-order valence-corrected chi connectivity index (χ0v) is 21.1. The van der Waals surface area contributed by atoms with Crippen molar-refractivity contribution in [2.24, 2.45) is 0 Å². The second-order valence-corrected chi connectivity index (χ2v) is 12.6. The van der Waals surface area contributed by atoms with Gasteiger partial charge in [-0.3, -0.25) is 4.52 Å². The van der Waals surface area contributed by atoms with E-state index in [-0.39, 0.29) is 11.5 Å². The number of nitrogens with two attached hydrogens (primary N) is 1. The van der Waals surface area contributed by atoms with E-state index in [1.165, 1.54) is 22.2 Å². The third-order valence-electron chi connectivity index (χ3n) is 4.90. The maximum Gasteiger partial charge on any atom is 0.490 e. The summed E-state index contributed by atoms with van der Waals surface area (Å²) in [4.78, 5) is 44.2. The van der Waals surface area contributed by atoms with Crippen molar-refractivity contribution in [2.45, 2.75) is 24.5 Å². The third-order valence-corrected chi connectivity index (χ3v) is 9.39. The van der Waals surface area contributed by atoms with Crippen LogP contribution in [0, 0.1) is 0 Å². The lowest BCUT2D eigenvalue weighted by Gasteiger charge is -2.19. The molecule has 198 valence electrons. The molecular weight excluding hydrogens is 569 g/mol. The van der Waals surface area contributed by atoms with Crippen molar-refractivity contribution in [3.8, 4) is 11.1 Å². The van der Waals surface area contributed by atoms with Crippen molar-refractivity contribution in [1.82, 2.24) is 14.5 Å². The molecule has 0 bridgehead atoms. The van der Waals surface area contributed by atoms with Gasteiger partial charge in [0, 0.05) is 11.8 Å². The van der Waals surface area contributed by atoms with E-state index in [0.717, 1.165) is 5.56 Å². The molecule has 21 heteroatoms. The number of hydrogen-bond donors (Lipinski definition) is 7. The van der Waals surface area contributed by atoms with Crippen molar-refractivity contribution in [3.63, 3.8) is 0 Å². The summed E-state index contributed by atoms with van der Waals surface area (Å²) in [5.41, 5.74) is 7.69. The van der Waals surface area contributed by atoms with Crippen LogP contribution in [0.1, 0.15) is 6.23 Å². The van der Waals surface area contributed by atoms with Gasteiger partial charge in [-0.2, -0.15) is 20.0 Å². The Balaban J connectivity index is 1.54. The molecule has 6 atom stereocenters. The molecule has 17 nitrogen and oxygen atoms in total. The fourth-order valence-corrected chi connectivity index (χ4v) is 7.19. The molecule has 0 spiro atoms. The van der Waals surface area contributed by atoms with Crippen LogP contribution in [0.4, 0.5) is 5.82 Å². The van der Waals surface area contributed by atoms with E-state index in [9.17, 15) is 33.7 Å². The predicted octanol–water partition coefficient (Wildman–Crippen LogP) is 0.704. The highest BCUT2D eigenvalue weighted by Crippen LogP contribution is 2.66. The average Bonchev–Trinajstić information content (AvgIpc) is 3.44. The SMILES string of the molecule is Nc1ncnc2c1c(-c1ccsc1)cn2[C@@H]1O[C@H](COP(=O)(O)OP(=O)(O)OP(=O)(O)O)[C@@H](O)[C@H]1O. The second kappa shape index (κ2) is 9.94. The van der Waals surface area contributed by atoms with Crippen molar-refractivity contribution in [3.05, 3.63) is 29.4 Å². The van der Waals surface area contributed by atoms with Crippen LogP contribution in [0.2, 0.25) is 0 Å². The van der Waals surface area contributed by atoms with E-state index < -0.39 is 54.6 Å². The first-order valence-electron chi connectivity index (χ1n) is 9.61. The number of ether oxygens (including phenoxy) is 1. The summed E-state index contributed by atoms with van der Waals surface area (Å²) >= 11 is 1.43. The topological polar surface area (TPSA) is 266 Å². The van der Waals surface area contributed by atoms with Crippen molar-refractivity contribution in [2.75, 3.05) is 12.3 Å². The fraction of sp³-hybridized carbons (Fsp3) is 0.333. The van der Waals surface area contributed by atoms with Gasteiger partial charge in [-0.1, -0.05) is 0 Å². The van der Waals surface area contributed by atoms with Gasteiger partial charge in [-0.05, 0) is 22.4 Å². The van der Waals surface area contributed by atoms with Gasteiger partial charge in [-0.15, -0.1) is 0 Å². The number of phosphoric acid groups is 3. The molecule has 3 aromatic rings. The lowest BCUT2D eigenvalue weighted by atomic mass is 10.1. The summed E-state index contributed by atoms with van der Waals surface area (Å²) < 4.78 is 52.9. The Hall–Kier alpha value is -1.59. The van der Waals surface area contributed by atoms with E-state index in [4.69, 9.17) is 20.3 Å². The maximum absolute atomic E-state index is 12.0. The highest BCUT2D eigenvalue weighted by atomic mass is 32.1. The lowest BCUT2D eigenvalue weighted by Crippen LogP contribution is -2.33. The Bertz CT molecular complexity index is 1390. The number of nitrogens with zero attached hydrogens (tertiary/aromatic N) is 3. The number of aromatic nitrogens is 3. The molecule has 3 aromatic heterocycles. The summed E-state index contributed by atoms with van der Waals surface area (Å²) in [5.74, 6) is 0.150. The van der Waals surface area contributed by atoms with Crippen LogP contribution in [0.3, 0.4) is 0 Å². The van der Waals surface area contributed by atoms with Crippen molar-refractivity contribution < 1.29 is 61.4 Å². The molecule has 1 aliphatic rings. The second-order valence-electron chi connectivity index (χ2n) is 7.35. The minimum Gasteiger partial charge on any atom is -0.387 e. The number of aliphatic hydroxyl groups is 2. The minimum atomic E-state index is -5.72. The Labute approximate surface area is 205 Å². The van der Waals surface area contributed by atoms with Gasteiger partial charge in [0.05, 0.1) is 12.0 Å². The van der Waals surface area contributed by atoms with Gasteiger partial charge in [-0.25, -0.2) is 23.7 Å². The van der Waals surface area contributed by atoms with Crippen molar-refractivity contribution in [1.29, 1.82) is 0 Å². The Morgan fingerprint density at radius 1 is 1.08 bits per heavy atom. The molecule has 4 rings (SSSR count). The zero-order chi connectivity index (χ0) is 26.5. The van der Waals surface area contributed by atoms with Gasteiger partial charge in [0.1, 0.15) is 36.1 Å². The zero-order valence-electron chi connectivity index (χ0n) is 17.6. The number of phosphoric ester groups is 1. The van der Waals surface area contributed by atoms with Crippen LogP contribution >= 0.6 is 34.8 Å². The molecule has 4 heterocycles. The number of thiophene rings is 1. The van der Waals surface area contributed by atoms with E-state index in [1.54, 1.807) is 6.20 Å². The molecule has 0 radical (unpaired) electrons. The molecule has 0 aromatic carbocycles. The smallest absolute Gasteiger partial charge is 0.387 e. The fourth-order valence-electron chi connectivity index (χ4n) is 3.51. The third kappa shape index (κ3) is 5.93. The number of aliphatic hydroxyl groups excluding tert-OH is 2. The first-order chi connectivity index (χ1) is 16.7. The highest BCUT2D eigenvalue weighted by molar-refractivity contribution is 7.66. The molecule has 0 aliphatic carbocycles. The summed E-state index contributed by atoms with van der Waals surface area (Å²) in [5, 5.41) is 25.2. The van der Waals surface area contributed by atoms with Crippen LogP contribution in [-0.2, 0) is 31.6 Å². The van der Waals surface area contributed by atoms with Crippen LogP contribution in [-0.4, -0.2) is 69.2 Å². The summed E-state index contributed by atoms with van der Waals surface area (Å²) in [7, 11) is -16.7. The first kappa shape index (κ1) is 27.4. The van der Waals surface area contributed by atoms with Crippen molar-refractivity contribution >= 4 is 51.7 Å². The minimum absolute atomic E-state index is 0.150. The number of anilines is 1. The largest absolute Gasteiger partial charge is 0.490 e. The van der Waals surface area contributed by atoms with E-state index in [1.807, 2.05) is 16.8 Å². The molecular formula is C15H19N4O13P3S. The Kier molecular flexibility index (Phi) is 7.58. The maximum atomic E-state index is 12.0. The molecule has 1 fully saturated rings. The summed E-state index contributed by atoms with van der Waals surface area (Å²) in [6, 6.07) is 1.82. The molecule has 36 heavy (non-hydrogen) atoms. The van der Waals surface area contributed by atoms with Crippen LogP contribution in [0.5, 0.6) is 0 Å². The molecule has 8 N–H and O–H groups in total. The predicted molar refractivity (Wildman–Crippen MR) is 121 cm³/mol. The van der Waals surface area contributed by atoms with Crippen LogP contribution in [0.25, 0.3) is 22.2 Å².